The third kappa shape index (κ3) is 4.04. The van der Waals surface area contributed by atoms with Crippen LogP contribution in [-0.4, -0.2) is 15.1 Å². The van der Waals surface area contributed by atoms with Gasteiger partial charge in [0.15, 0.2) is 4.34 Å². The van der Waals surface area contributed by atoms with E-state index in [1.54, 1.807) is 11.8 Å². The lowest BCUT2D eigenvalue weighted by atomic mass is 10.00. The molecule has 0 aliphatic heterocycles. The summed E-state index contributed by atoms with van der Waals surface area (Å²) >= 11 is 3.15. The Labute approximate surface area is 129 Å². The van der Waals surface area contributed by atoms with Crippen LogP contribution in [-0.2, 0) is 6.42 Å². The molecule has 0 spiro atoms. The van der Waals surface area contributed by atoms with E-state index in [-0.39, 0.29) is 6.04 Å². The Kier molecular flexibility index (Phi) is 5.57. The van der Waals surface area contributed by atoms with Gasteiger partial charge in [0.25, 0.3) is 0 Å². The summed E-state index contributed by atoms with van der Waals surface area (Å²) in [5.74, 6) is 2.31. The van der Waals surface area contributed by atoms with E-state index in [1.807, 2.05) is 0 Å². The predicted octanol–water partition coefficient (Wildman–Crippen LogP) is 4.02. The number of thioether (sulfide) groups is 1. The molecule has 1 aromatic carbocycles. The largest absolute Gasteiger partial charge is 0.323 e. The summed E-state index contributed by atoms with van der Waals surface area (Å²) in [6.45, 7) is 6.47. The summed E-state index contributed by atoms with van der Waals surface area (Å²) in [5.41, 5.74) is 8.78. The summed E-state index contributed by atoms with van der Waals surface area (Å²) in [5, 5.41) is 0. The van der Waals surface area contributed by atoms with Gasteiger partial charge in [0.2, 0.25) is 0 Å². The number of benzene rings is 1. The maximum atomic E-state index is 6.24. The molecule has 0 radical (unpaired) electrons. The van der Waals surface area contributed by atoms with E-state index in [0.29, 0.717) is 5.92 Å². The second-order valence-electron chi connectivity index (χ2n) is 5.07. The molecule has 0 aliphatic rings. The lowest BCUT2D eigenvalue weighted by Gasteiger charge is -2.12. The van der Waals surface area contributed by atoms with E-state index in [1.165, 1.54) is 22.7 Å². The van der Waals surface area contributed by atoms with Gasteiger partial charge in [-0.05, 0) is 28.6 Å². The Bertz CT molecular complexity index is 534. The minimum atomic E-state index is 0.0372. The number of aromatic nitrogens is 2. The second kappa shape index (κ2) is 7.20. The standard InChI is InChI=1S/C15H21N3S2/c1-4-14-17-15(20-18-14)19-9-13(16)12-7-5-11(6-8-12)10(2)3/h5-8,10,13H,4,9,16H2,1-3H3. The van der Waals surface area contributed by atoms with Gasteiger partial charge in [0.05, 0.1) is 0 Å². The van der Waals surface area contributed by atoms with Crippen LogP contribution in [0.5, 0.6) is 0 Å². The fraction of sp³-hybridized carbons (Fsp3) is 0.467. The molecule has 2 rings (SSSR count). The average Bonchev–Trinajstić information content (AvgIpc) is 2.93. The molecular weight excluding hydrogens is 286 g/mol. The number of hydrogen-bond donors (Lipinski definition) is 1. The Morgan fingerprint density at radius 3 is 2.40 bits per heavy atom. The molecule has 0 bridgehead atoms. The van der Waals surface area contributed by atoms with Crippen molar-refractivity contribution in [3.05, 3.63) is 41.2 Å². The molecule has 0 saturated heterocycles. The van der Waals surface area contributed by atoms with Crippen molar-refractivity contribution in [2.45, 2.75) is 43.5 Å². The molecule has 0 amide bonds. The first-order valence-electron chi connectivity index (χ1n) is 6.91. The quantitative estimate of drug-likeness (QED) is 0.819. The first-order valence-corrected chi connectivity index (χ1v) is 8.66. The monoisotopic (exact) mass is 307 g/mol. The normalized spacial score (nSPS) is 12.8. The zero-order valence-electron chi connectivity index (χ0n) is 12.2. The first-order chi connectivity index (χ1) is 9.60. The van der Waals surface area contributed by atoms with E-state index >= 15 is 0 Å². The van der Waals surface area contributed by atoms with E-state index in [0.717, 1.165) is 22.3 Å². The molecule has 0 fully saturated rings. The summed E-state index contributed by atoms with van der Waals surface area (Å²) in [7, 11) is 0. The van der Waals surface area contributed by atoms with Crippen molar-refractivity contribution in [2.75, 3.05) is 5.75 Å². The van der Waals surface area contributed by atoms with Crippen molar-refractivity contribution in [2.24, 2.45) is 5.73 Å². The molecule has 3 nitrogen and oxygen atoms in total. The molecule has 1 unspecified atom stereocenters. The lowest BCUT2D eigenvalue weighted by Crippen LogP contribution is -2.12. The second-order valence-corrected chi connectivity index (χ2v) is 7.09. The fourth-order valence-electron chi connectivity index (χ4n) is 1.83. The number of nitrogens with two attached hydrogens (primary N) is 1. The molecule has 0 aliphatic carbocycles. The molecule has 0 saturated carbocycles. The zero-order chi connectivity index (χ0) is 14.5. The van der Waals surface area contributed by atoms with Crippen molar-refractivity contribution in [3.8, 4) is 0 Å². The van der Waals surface area contributed by atoms with Gasteiger partial charge in [-0.2, -0.15) is 4.37 Å². The van der Waals surface area contributed by atoms with Crippen molar-refractivity contribution in [1.29, 1.82) is 0 Å². The van der Waals surface area contributed by atoms with Crippen LogP contribution in [0.25, 0.3) is 0 Å². The van der Waals surface area contributed by atoms with Gasteiger partial charge in [0.1, 0.15) is 5.82 Å². The summed E-state index contributed by atoms with van der Waals surface area (Å²) < 4.78 is 5.30. The maximum Gasteiger partial charge on any atom is 0.170 e. The van der Waals surface area contributed by atoms with Crippen molar-refractivity contribution in [1.82, 2.24) is 9.36 Å². The molecule has 1 atom stereocenters. The Hall–Kier alpha value is -0.910. The van der Waals surface area contributed by atoms with Crippen molar-refractivity contribution < 1.29 is 0 Å². The fourth-order valence-corrected chi connectivity index (χ4v) is 3.54. The van der Waals surface area contributed by atoms with Gasteiger partial charge in [0, 0.05) is 18.2 Å². The lowest BCUT2D eigenvalue weighted by molar-refractivity contribution is 0.821. The van der Waals surface area contributed by atoms with Gasteiger partial charge >= 0.3 is 0 Å². The van der Waals surface area contributed by atoms with Crippen LogP contribution in [0.3, 0.4) is 0 Å². The molecular formula is C15H21N3S2. The SMILES string of the molecule is CCc1nsc(SCC(N)c2ccc(C(C)C)cc2)n1. The highest BCUT2D eigenvalue weighted by Crippen LogP contribution is 2.25. The number of hydrogen-bond acceptors (Lipinski definition) is 5. The van der Waals surface area contributed by atoms with Crippen LogP contribution >= 0.6 is 23.3 Å². The van der Waals surface area contributed by atoms with Crippen LogP contribution in [0.15, 0.2) is 28.6 Å². The van der Waals surface area contributed by atoms with Crippen molar-refractivity contribution in [3.63, 3.8) is 0 Å². The van der Waals surface area contributed by atoms with E-state index in [9.17, 15) is 0 Å². The highest BCUT2D eigenvalue weighted by atomic mass is 32.2. The minimum Gasteiger partial charge on any atom is -0.323 e. The molecule has 2 N–H and O–H groups in total. The van der Waals surface area contributed by atoms with Gasteiger partial charge in [-0.15, -0.1) is 0 Å². The molecule has 1 heterocycles. The topological polar surface area (TPSA) is 51.8 Å². The first kappa shape index (κ1) is 15.5. The van der Waals surface area contributed by atoms with E-state index < -0.39 is 0 Å². The predicted molar refractivity (Wildman–Crippen MR) is 87.5 cm³/mol. The summed E-state index contributed by atoms with van der Waals surface area (Å²) in [6, 6.07) is 8.65. The summed E-state index contributed by atoms with van der Waals surface area (Å²) in [4.78, 5) is 4.45. The van der Waals surface area contributed by atoms with Gasteiger partial charge in [-0.3, -0.25) is 0 Å². The third-order valence-electron chi connectivity index (χ3n) is 3.18. The highest BCUT2D eigenvalue weighted by Gasteiger charge is 2.10. The maximum absolute atomic E-state index is 6.24. The van der Waals surface area contributed by atoms with Crippen LogP contribution in [0.2, 0.25) is 0 Å². The summed E-state index contributed by atoms with van der Waals surface area (Å²) in [6.07, 6.45) is 0.889. The zero-order valence-corrected chi connectivity index (χ0v) is 13.8. The molecule has 20 heavy (non-hydrogen) atoms. The Morgan fingerprint density at radius 1 is 1.20 bits per heavy atom. The van der Waals surface area contributed by atoms with E-state index in [4.69, 9.17) is 5.73 Å². The van der Waals surface area contributed by atoms with Gasteiger partial charge in [-0.1, -0.05) is 56.8 Å². The number of aryl methyl sites for hydroxylation is 1. The highest BCUT2D eigenvalue weighted by molar-refractivity contribution is 8.00. The Balaban J connectivity index is 1.92. The Morgan fingerprint density at radius 2 is 1.85 bits per heavy atom. The van der Waals surface area contributed by atoms with Crippen LogP contribution in [0.1, 0.15) is 49.7 Å². The number of nitrogens with zero attached hydrogens (tertiary/aromatic N) is 2. The molecule has 108 valence electrons. The number of rotatable bonds is 6. The van der Waals surface area contributed by atoms with Crippen LogP contribution < -0.4 is 5.73 Å². The van der Waals surface area contributed by atoms with Gasteiger partial charge < -0.3 is 5.73 Å². The van der Waals surface area contributed by atoms with Crippen LogP contribution in [0, 0.1) is 0 Å². The minimum absolute atomic E-state index is 0.0372. The average molecular weight is 307 g/mol. The van der Waals surface area contributed by atoms with Crippen LogP contribution in [0.4, 0.5) is 0 Å². The van der Waals surface area contributed by atoms with Gasteiger partial charge in [-0.25, -0.2) is 4.98 Å². The molecule has 1 aromatic heterocycles. The smallest absolute Gasteiger partial charge is 0.170 e. The van der Waals surface area contributed by atoms with Crippen molar-refractivity contribution >= 4 is 23.3 Å². The third-order valence-corrected chi connectivity index (χ3v) is 5.17. The van der Waals surface area contributed by atoms with E-state index in [2.05, 4.69) is 54.4 Å². The molecule has 5 heteroatoms. The molecule has 2 aromatic rings.